The third-order valence-corrected chi connectivity index (χ3v) is 7.10. The monoisotopic (exact) mass is 503 g/mol. The number of benzene rings is 2. The molecule has 1 N–H and O–H groups in total. The summed E-state index contributed by atoms with van der Waals surface area (Å²) in [5.41, 5.74) is 3.99. The Hall–Kier alpha value is -3.75. The van der Waals surface area contributed by atoms with Crippen LogP contribution in [-0.4, -0.2) is 20.3 Å². The maximum Gasteiger partial charge on any atom is 0.271 e. The highest BCUT2D eigenvalue weighted by atomic mass is 35.5. The van der Waals surface area contributed by atoms with Gasteiger partial charge >= 0.3 is 0 Å². The maximum absolute atomic E-state index is 13.6. The van der Waals surface area contributed by atoms with E-state index >= 15 is 0 Å². The van der Waals surface area contributed by atoms with Gasteiger partial charge in [-0.2, -0.15) is 5.10 Å². The van der Waals surface area contributed by atoms with Gasteiger partial charge in [0.25, 0.3) is 11.5 Å². The summed E-state index contributed by atoms with van der Waals surface area (Å²) in [4.78, 5) is 32.5. The quantitative estimate of drug-likeness (QED) is 0.462. The van der Waals surface area contributed by atoms with Gasteiger partial charge in [-0.3, -0.25) is 18.8 Å². The number of nitrogens with zero attached hydrogens (tertiary/aromatic N) is 4. The summed E-state index contributed by atoms with van der Waals surface area (Å²) >= 11 is 7.43. The molecule has 2 aromatic carbocycles. The minimum atomic E-state index is -0.649. The number of thiazole rings is 1. The molecule has 0 radical (unpaired) electrons. The number of amides is 1. The molecule has 1 aliphatic rings. The van der Waals surface area contributed by atoms with E-state index in [4.69, 9.17) is 11.6 Å². The first-order valence-electron chi connectivity index (χ1n) is 11.0. The van der Waals surface area contributed by atoms with Crippen molar-refractivity contribution in [2.75, 3.05) is 5.32 Å². The molecule has 0 saturated heterocycles. The van der Waals surface area contributed by atoms with Crippen LogP contribution in [0.3, 0.4) is 0 Å². The van der Waals surface area contributed by atoms with Gasteiger partial charge in [0.15, 0.2) is 4.80 Å². The van der Waals surface area contributed by atoms with Crippen LogP contribution >= 0.6 is 22.9 Å². The average Bonchev–Trinajstić information content (AvgIpc) is 3.37. The second kappa shape index (κ2) is 9.13. The van der Waals surface area contributed by atoms with E-state index < -0.39 is 6.04 Å². The van der Waals surface area contributed by atoms with Crippen LogP contribution in [0.1, 0.15) is 29.7 Å². The fourth-order valence-electron chi connectivity index (χ4n) is 4.14. The van der Waals surface area contributed by atoms with Gasteiger partial charge in [-0.25, -0.2) is 4.99 Å². The Balaban J connectivity index is 1.68. The van der Waals surface area contributed by atoms with E-state index in [1.807, 2.05) is 56.6 Å². The minimum Gasteiger partial charge on any atom is -0.322 e. The van der Waals surface area contributed by atoms with E-state index in [1.54, 1.807) is 40.6 Å². The topological polar surface area (TPSA) is 81.3 Å². The molecule has 1 unspecified atom stereocenters. The van der Waals surface area contributed by atoms with Gasteiger partial charge in [-0.05, 0) is 49.2 Å². The predicted molar refractivity (Wildman–Crippen MR) is 138 cm³/mol. The third kappa shape index (κ3) is 4.38. The summed E-state index contributed by atoms with van der Waals surface area (Å²) in [7, 11) is 1.82. The lowest BCUT2D eigenvalue weighted by Gasteiger charge is -2.25. The molecule has 0 saturated carbocycles. The highest BCUT2D eigenvalue weighted by Gasteiger charge is 2.32. The van der Waals surface area contributed by atoms with Crippen LogP contribution in [0.5, 0.6) is 0 Å². The zero-order valence-corrected chi connectivity index (χ0v) is 20.9. The number of para-hydroxylation sites is 1. The molecule has 35 heavy (non-hydrogen) atoms. The van der Waals surface area contributed by atoms with Crippen molar-refractivity contribution < 1.29 is 4.79 Å². The van der Waals surface area contributed by atoms with E-state index in [9.17, 15) is 9.59 Å². The van der Waals surface area contributed by atoms with Crippen molar-refractivity contribution in [1.29, 1.82) is 0 Å². The molecule has 0 bridgehead atoms. The van der Waals surface area contributed by atoms with Crippen molar-refractivity contribution in [2.24, 2.45) is 12.0 Å². The summed E-state index contributed by atoms with van der Waals surface area (Å²) in [5.74, 6) is -0.304. The molecular formula is C26H22ClN5O2S. The maximum atomic E-state index is 13.6. The molecule has 0 fully saturated rings. The summed E-state index contributed by atoms with van der Waals surface area (Å²) in [6, 6.07) is 14.1. The second-order valence-electron chi connectivity index (χ2n) is 8.35. The molecule has 176 valence electrons. The molecule has 2 aromatic heterocycles. The largest absolute Gasteiger partial charge is 0.322 e. The molecule has 7 nitrogen and oxygen atoms in total. The Bertz CT molecular complexity index is 1660. The Morgan fingerprint density at radius 2 is 1.89 bits per heavy atom. The standard InChI is InChI=1S/C26H22ClN5O2S/c1-15-6-4-5-7-20(15)30-24(33)22-16(2)29-26-32(23(22)18-8-10-19(27)11-9-18)25(34)21(35-26)12-17-13-28-31(3)14-17/h4-14,23H,1-3H3,(H,30,33)/b21-12+. The van der Waals surface area contributed by atoms with Crippen LogP contribution in [0.4, 0.5) is 5.69 Å². The zero-order chi connectivity index (χ0) is 24.7. The van der Waals surface area contributed by atoms with Gasteiger partial charge in [-0.15, -0.1) is 0 Å². The average molecular weight is 504 g/mol. The Morgan fingerprint density at radius 1 is 1.14 bits per heavy atom. The number of anilines is 1. The Kier molecular flexibility index (Phi) is 6.00. The first-order valence-corrected chi connectivity index (χ1v) is 12.1. The lowest BCUT2D eigenvalue weighted by atomic mass is 9.95. The van der Waals surface area contributed by atoms with E-state index in [-0.39, 0.29) is 11.5 Å². The number of carbonyl (C=O) groups is 1. The van der Waals surface area contributed by atoms with Gasteiger partial charge in [0.1, 0.15) is 0 Å². The number of aromatic nitrogens is 3. The fraction of sp³-hybridized carbons (Fsp3) is 0.154. The number of fused-ring (bicyclic) bond motifs is 1. The summed E-state index contributed by atoms with van der Waals surface area (Å²) in [6.07, 6.45) is 5.32. The molecule has 1 aliphatic heterocycles. The molecule has 5 rings (SSSR count). The Morgan fingerprint density at radius 3 is 2.57 bits per heavy atom. The van der Waals surface area contributed by atoms with Gasteiger partial charge in [0.05, 0.1) is 28.0 Å². The molecule has 9 heteroatoms. The van der Waals surface area contributed by atoms with Gasteiger partial charge < -0.3 is 5.32 Å². The van der Waals surface area contributed by atoms with Crippen LogP contribution < -0.4 is 20.2 Å². The van der Waals surface area contributed by atoms with Crippen LogP contribution in [0.15, 0.2) is 82.0 Å². The second-order valence-corrected chi connectivity index (χ2v) is 9.80. The number of halogens is 1. The van der Waals surface area contributed by atoms with Crippen LogP contribution in [0.25, 0.3) is 6.08 Å². The first-order chi connectivity index (χ1) is 16.8. The van der Waals surface area contributed by atoms with Crippen molar-refractivity contribution >= 4 is 40.6 Å². The molecule has 1 atom stereocenters. The molecular weight excluding hydrogens is 482 g/mol. The number of rotatable bonds is 4. The Labute approximate surface area is 210 Å². The SMILES string of the molecule is CC1=C(C(=O)Nc2ccccc2C)C(c2ccc(Cl)cc2)n2c(s/c(=C/c3cnn(C)c3)c2=O)=N1. The van der Waals surface area contributed by atoms with Crippen molar-refractivity contribution in [1.82, 2.24) is 14.3 Å². The highest BCUT2D eigenvalue weighted by Crippen LogP contribution is 2.31. The van der Waals surface area contributed by atoms with Crippen LogP contribution in [-0.2, 0) is 11.8 Å². The predicted octanol–water partition coefficient (Wildman–Crippen LogP) is 3.57. The normalized spacial score (nSPS) is 15.7. The van der Waals surface area contributed by atoms with Gasteiger partial charge in [0.2, 0.25) is 0 Å². The van der Waals surface area contributed by atoms with E-state index in [0.717, 1.165) is 16.7 Å². The van der Waals surface area contributed by atoms with E-state index in [0.29, 0.717) is 31.3 Å². The van der Waals surface area contributed by atoms with Crippen molar-refractivity contribution in [3.8, 4) is 0 Å². The van der Waals surface area contributed by atoms with Crippen LogP contribution in [0, 0.1) is 6.92 Å². The third-order valence-electron chi connectivity index (χ3n) is 5.87. The van der Waals surface area contributed by atoms with Gasteiger partial charge in [-0.1, -0.05) is 53.3 Å². The smallest absolute Gasteiger partial charge is 0.271 e. The van der Waals surface area contributed by atoms with Crippen molar-refractivity contribution in [3.63, 3.8) is 0 Å². The number of carbonyl (C=O) groups excluding carboxylic acids is 1. The van der Waals surface area contributed by atoms with E-state index in [2.05, 4.69) is 15.4 Å². The van der Waals surface area contributed by atoms with Crippen LogP contribution in [0.2, 0.25) is 5.02 Å². The molecule has 4 aromatic rings. The van der Waals surface area contributed by atoms with Crippen molar-refractivity contribution in [3.05, 3.63) is 114 Å². The number of hydrogen-bond donors (Lipinski definition) is 1. The molecule has 3 heterocycles. The van der Waals surface area contributed by atoms with Crippen molar-refractivity contribution in [2.45, 2.75) is 19.9 Å². The summed E-state index contributed by atoms with van der Waals surface area (Å²) in [5, 5.41) is 7.75. The fourth-order valence-corrected chi connectivity index (χ4v) is 5.31. The number of nitrogens with one attached hydrogen (secondary N) is 1. The molecule has 0 aliphatic carbocycles. The summed E-state index contributed by atoms with van der Waals surface area (Å²) in [6.45, 7) is 3.73. The minimum absolute atomic E-state index is 0.216. The lowest BCUT2D eigenvalue weighted by Crippen LogP contribution is -2.40. The first kappa shape index (κ1) is 23.0. The lowest BCUT2D eigenvalue weighted by molar-refractivity contribution is -0.113. The highest BCUT2D eigenvalue weighted by molar-refractivity contribution is 7.07. The zero-order valence-electron chi connectivity index (χ0n) is 19.3. The number of allylic oxidation sites excluding steroid dienone is 1. The number of aryl methyl sites for hydroxylation is 2. The van der Waals surface area contributed by atoms with Gasteiger partial charge in [0, 0.05) is 29.5 Å². The van der Waals surface area contributed by atoms with E-state index in [1.165, 1.54) is 11.3 Å². The molecule has 0 spiro atoms. The number of hydrogen-bond acceptors (Lipinski definition) is 5. The molecule has 1 amide bonds. The summed E-state index contributed by atoms with van der Waals surface area (Å²) < 4.78 is 3.79.